The Morgan fingerprint density at radius 3 is 2.58 bits per heavy atom. The van der Waals surface area contributed by atoms with E-state index in [9.17, 15) is 19.8 Å². The number of phenols is 1. The molecule has 0 saturated carbocycles. The summed E-state index contributed by atoms with van der Waals surface area (Å²) < 4.78 is 11.1. The smallest absolute Gasteiger partial charge is 0.344 e. The first kappa shape index (κ1) is 25.1. The number of aliphatic hydroxyl groups is 1. The number of carbonyl (C=O) groups excluding carboxylic acids is 2. The maximum absolute atomic E-state index is 12.7. The van der Waals surface area contributed by atoms with E-state index in [0.717, 1.165) is 11.8 Å². The number of aromatic hydroxyl groups is 1. The van der Waals surface area contributed by atoms with Gasteiger partial charge in [0, 0.05) is 0 Å². The number of nitrogens with zero attached hydrogens (tertiary/aromatic N) is 1. The van der Waals surface area contributed by atoms with Crippen LogP contribution in [0.2, 0.25) is 5.02 Å². The van der Waals surface area contributed by atoms with Gasteiger partial charge in [0.15, 0.2) is 11.5 Å². The van der Waals surface area contributed by atoms with Crippen LogP contribution in [-0.4, -0.2) is 40.3 Å². The molecule has 2 aromatic carbocycles. The second kappa shape index (κ2) is 11.1. The van der Waals surface area contributed by atoms with E-state index in [0.29, 0.717) is 15.7 Å². The molecular weight excluding hydrogens is 581 g/mol. The number of esters is 1. The number of ether oxygens (including phenoxy) is 2. The van der Waals surface area contributed by atoms with Crippen molar-refractivity contribution in [3.63, 3.8) is 0 Å². The number of aliphatic hydroxyl groups excluding tert-OH is 1. The van der Waals surface area contributed by atoms with Crippen LogP contribution in [-0.2, 0) is 9.53 Å². The van der Waals surface area contributed by atoms with Gasteiger partial charge in [0.1, 0.15) is 16.4 Å². The number of amides is 1. The highest BCUT2D eigenvalue weighted by Crippen LogP contribution is 2.41. The third-order valence-electron chi connectivity index (χ3n) is 4.33. The van der Waals surface area contributed by atoms with Crippen LogP contribution in [0.25, 0.3) is 6.08 Å². The number of thioether (sulfide) groups is 1. The van der Waals surface area contributed by atoms with Crippen molar-refractivity contribution in [1.29, 1.82) is 0 Å². The molecule has 0 saturated heterocycles. The molecule has 33 heavy (non-hydrogen) atoms. The van der Waals surface area contributed by atoms with Gasteiger partial charge in [0.2, 0.25) is 0 Å². The van der Waals surface area contributed by atoms with Crippen molar-refractivity contribution in [2.45, 2.75) is 13.8 Å². The lowest BCUT2D eigenvalue weighted by Crippen LogP contribution is -2.14. The van der Waals surface area contributed by atoms with Crippen LogP contribution in [0.4, 0.5) is 0 Å². The minimum Gasteiger partial charge on any atom is -0.506 e. The zero-order valence-corrected chi connectivity index (χ0v) is 21.3. The van der Waals surface area contributed by atoms with E-state index in [2.05, 4.69) is 4.99 Å². The van der Waals surface area contributed by atoms with Crippen LogP contribution in [0.3, 0.4) is 0 Å². The van der Waals surface area contributed by atoms with Gasteiger partial charge < -0.3 is 19.7 Å². The lowest BCUT2D eigenvalue weighted by atomic mass is 10.1. The fourth-order valence-corrected chi connectivity index (χ4v) is 4.73. The summed E-state index contributed by atoms with van der Waals surface area (Å²) in [5.41, 5.74) is 0.574. The fourth-order valence-electron chi connectivity index (χ4n) is 2.87. The molecular formula is C23H19ClINO6S. The first-order chi connectivity index (χ1) is 15.8. The zero-order valence-electron chi connectivity index (χ0n) is 17.6. The van der Waals surface area contributed by atoms with Crippen LogP contribution >= 0.6 is 46.0 Å². The summed E-state index contributed by atoms with van der Waals surface area (Å²) >= 11 is 9.01. The third-order valence-corrected chi connectivity index (χ3v) is 6.50. The maximum atomic E-state index is 12.7. The summed E-state index contributed by atoms with van der Waals surface area (Å²) in [6, 6.07) is 9.71. The van der Waals surface area contributed by atoms with Crippen molar-refractivity contribution in [2.24, 2.45) is 4.99 Å². The summed E-state index contributed by atoms with van der Waals surface area (Å²) in [6.45, 7) is 3.87. The molecule has 0 spiro atoms. The van der Waals surface area contributed by atoms with Gasteiger partial charge in [-0.25, -0.2) is 9.79 Å². The van der Waals surface area contributed by atoms with E-state index in [1.54, 1.807) is 50.3 Å². The average Bonchev–Trinajstić information content (AvgIpc) is 3.06. The van der Waals surface area contributed by atoms with Crippen LogP contribution < -0.4 is 4.74 Å². The van der Waals surface area contributed by atoms with E-state index in [4.69, 9.17) is 21.1 Å². The Kier molecular flexibility index (Phi) is 8.44. The summed E-state index contributed by atoms with van der Waals surface area (Å²) in [7, 11) is 0. The van der Waals surface area contributed by atoms with Gasteiger partial charge >= 0.3 is 5.97 Å². The van der Waals surface area contributed by atoms with Crippen molar-refractivity contribution in [2.75, 3.05) is 13.2 Å². The van der Waals surface area contributed by atoms with Crippen molar-refractivity contribution >= 4 is 68.9 Å². The van der Waals surface area contributed by atoms with Gasteiger partial charge in [-0.05, 0) is 72.3 Å². The second-order valence-corrected chi connectivity index (χ2v) is 9.14. The Balaban J connectivity index is 2.06. The number of hydrogen-bond donors (Lipinski definition) is 2. The number of halogens is 2. The first-order valence-electron chi connectivity index (χ1n) is 9.80. The van der Waals surface area contributed by atoms with Crippen LogP contribution in [0.1, 0.15) is 29.8 Å². The predicted molar refractivity (Wildman–Crippen MR) is 137 cm³/mol. The van der Waals surface area contributed by atoms with E-state index in [1.165, 1.54) is 6.07 Å². The monoisotopic (exact) mass is 599 g/mol. The maximum Gasteiger partial charge on any atom is 0.344 e. The number of carbonyl (C=O) groups is 2. The molecule has 0 radical (unpaired) electrons. The summed E-state index contributed by atoms with van der Waals surface area (Å²) in [5, 5.41) is 21.2. The van der Waals surface area contributed by atoms with Gasteiger partial charge in [-0.3, -0.25) is 4.79 Å². The van der Waals surface area contributed by atoms with Gasteiger partial charge in [-0.2, -0.15) is 0 Å². The van der Waals surface area contributed by atoms with Crippen molar-refractivity contribution in [3.8, 4) is 11.5 Å². The van der Waals surface area contributed by atoms with E-state index >= 15 is 0 Å². The molecule has 0 atom stereocenters. The zero-order chi connectivity index (χ0) is 24.1. The van der Waals surface area contributed by atoms with E-state index in [1.807, 2.05) is 22.6 Å². The lowest BCUT2D eigenvalue weighted by molar-refractivity contribution is -0.138. The van der Waals surface area contributed by atoms with Crippen molar-refractivity contribution in [3.05, 3.63) is 72.4 Å². The van der Waals surface area contributed by atoms with Gasteiger partial charge in [-0.1, -0.05) is 35.5 Å². The fraction of sp³-hybridized carbons (Fsp3) is 0.174. The Morgan fingerprint density at radius 2 is 1.91 bits per heavy atom. The number of phenolic OH excluding ortho intramolecular Hbond substituents is 1. The van der Waals surface area contributed by atoms with E-state index < -0.39 is 11.9 Å². The average molecular weight is 600 g/mol. The number of aliphatic imine (C=N–C) groups is 1. The van der Waals surface area contributed by atoms with Crippen molar-refractivity contribution in [1.82, 2.24) is 0 Å². The Bertz CT molecular complexity index is 1210. The Labute approximate surface area is 213 Å². The van der Waals surface area contributed by atoms with Gasteiger partial charge in [0.05, 0.1) is 32.3 Å². The highest BCUT2D eigenvalue weighted by atomic mass is 127. The van der Waals surface area contributed by atoms with Crippen molar-refractivity contribution < 1.29 is 29.3 Å². The minimum atomic E-state index is -0.799. The lowest BCUT2D eigenvalue weighted by Gasteiger charge is -2.09. The molecule has 1 heterocycles. The van der Waals surface area contributed by atoms with Crippen LogP contribution in [0.5, 0.6) is 11.5 Å². The predicted octanol–water partition coefficient (Wildman–Crippen LogP) is 5.75. The Morgan fingerprint density at radius 1 is 1.18 bits per heavy atom. The molecule has 0 fully saturated rings. The normalized spacial score (nSPS) is 15.9. The largest absolute Gasteiger partial charge is 0.506 e. The van der Waals surface area contributed by atoms with Gasteiger partial charge in [-0.15, -0.1) is 0 Å². The highest BCUT2D eigenvalue weighted by molar-refractivity contribution is 14.1. The molecule has 1 aliphatic rings. The molecule has 7 nitrogen and oxygen atoms in total. The molecule has 2 aromatic rings. The SMILES string of the molecule is CCOC(=O)C1=C(O)/C(=C/c2cc(I)c(O)c(OCC)c2)SC1=NC(=O)c1ccccc1Cl. The van der Waals surface area contributed by atoms with Crippen LogP contribution in [0, 0.1) is 3.57 Å². The molecule has 0 aliphatic carbocycles. The third kappa shape index (κ3) is 5.71. The molecule has 2 N–H and O–H groups in total. The summed E-state index contributed by atoms with van der Waals surface area (Å²) in [5.74, 6) is -1.51. The quantitative estimate of drug-likeness (QED) is 0.322. The molecule has 172 valence electrons. The topological polar surface area (TPSA) is 105 Å². The molecule has 1 amide bonds. The number of benzene rings is 2. The number of rotatable bonds is 6. The summed E-state index contributed by atoms with van der Waals surface area (Å²) in [4.78, 5) is 29.6. The first-order valence-corrected chi connectivity index (χ1v) is 12.1. The minimum absolute atomic E-state index is 0.000580. The number of hydrogen-bond acceptors (Lipinski definition) is 7. The van der Waals surface area contributed by atoms with Crippen LogP contribution in [0.15, 0.2) is 57.6 Å². The highest BCUT2D eigenvalue weighted by Gasteiger charge is 2.34. The molecule has 0 aromatic heterocycles. The molecule has 0 unspecified atom stereocenters. The summed E-state index contributed by atoms with van der Waals surface area (Å²) in [6.07, 6.45) is 1.60. The van der Waals surface area contributed by atoms with Gasteiger partial charge in [0.25, 0.3) is 5.91 Å². The molecule has 1 aliphatic heterocycles. The molecule has 10 heteroatoms. The second-order valence-electron chi connectivity index (χ2n) is 6.54. The van der Waals surface area contributed by atoms with E-state index in [-0.39, 0.29) is 50.0 Å². The standard InChI is InChI=1S/C23H19ClINO6S/c1-3-31-16-10-12(9-15(25)19(16)27)11-17-20(28)18(23(30)32-4-2)22(33-17)26-21(29)13-7-5-6-8-14(13)24/h5-11,27-28H,3-4H2,1-2H3/b17-11-,26-22?. The Hall–Kier alpha value is -2.50. The molecule has 0 bridgehead atoms. The molecule has 3 rings (SSSR count).